The second-order valence-electron chi connectivity index (χ2n) is 5.57. The maximum atomic E-state index is 12.4. The van der Waals surface area contributed by atoms with E-state index in [1.165, 1.54) is 12.8 Å². The Kier molecular flexibility index (Phi) is 4.35. The number of anilines is 1. The molecule has 0 spiro atoms. The quantitative estimate of drug-likeness (QED) is 0.842. The highest BCUT2D eigenvalue weighted by atomic mass is 35.5. The fourth-order valence-corrected chi connectivity index (χ4v) is 2.84. The van der Waals surface area contributed by atoms with Gasteiger partial charge in [-0.15, -0.1) is 0 Å². The van der Waals surface area contributed by atoms with Crippen LogP contribution in [0.1, 0.15) is 43.0 Å². The number of rotatable bonds is 2. The Balaban J connectivity index is 2.08. The molecule has 1 fully saturated rings. The molecule has 0 aliphatic heterocycles. The summed E-state index contributed by atoms with van der Waals surface area (Å²) in [4.78, 5) is 14.3. The van der Waals surface area contributed by atoms with Crippen LogP contribution >= 0.6 is 11.6 Å². The Morgan fingerprint density at radius 1 is 1.32 bits per heavy atom. The highest BCUT2D eigenvalue weighted by Crippen LogP contribution is 2.28. The second kappa shape index (κ2) is 5.83. The molecule has 0 radical (unpaired) electrons. The van der Waals surface area contributed by atoms with E-state index in [0.29, 0.717) is 22.3 Å². The summed E-state index contributed by atoms with van der Waals surface area (Å²) in [5.41, 5.74) is 6.78. The van der Waals surface area contributed by atoms with Gasteiger partial charge in [0.15, 0.2) is 0 Å². The summed E-state index contributed by atoms with van der Waals surface area (Å²) in [7, 11) is 1.88. The van der Waals surface area contributed by atoms with Crippen LogP contribution in [-0.2, 0) is 0 Å². The molecule has 0 aromatic heterocycles. The smallest absolute Gasteiger partial charge is 0.253 e. The Labute approximate surface area is 119 Å². The van der Waals surface area contributed by atoms with E-state index in [9.17, 15) is 4.79 Å². The Bertz CT molecular complexity index is 467. The lowest BCUT2D eigenvalue weighted by molar-refractivity contribution is 0.0679. The van der Waals surface area contributed by atoms with Crippen molar-refractivity contribution in [3.05, 3.63) is 28.8 Å². The van der Waals surface area contributed by atoms with Gasteiger partial charge in [-0.2, -0.15) is 0 Å². The van der Waals surface area contributed by atoms with Gasteiger partial charge in [0.1, 0.15) is 0 Å². The summed E-state index contributed by atoms with van der Waals surface area (Å²) in [6.45, 7) is 2.28. The summed E-state index contributed by atoms with van der Waals surface area (Å²) in [5, 5.41) is 0.441. The van der Waals surface area contributed by atoms with Crippen LogP contribution in [0, 0.1) is 5.92 Å². The van der Waals surface area contributed by atoms with Crippen LogP contribution in [0.4, 0.5) is 5.69 Å². The summed E-state index contributed by atoms with van der Waals surface area (Å²) < 4.78 is 0. The lowest BCUT2D eigenvalue weighted by atomic mass is 9.86. The highest BCUT2D eigenvalue weighted by molar-refractivity contribution is 6.33. The first-order valence-corrected chi connectivity index (χ1v) is 7.19. The molecule has 1 amide bonds. The number of hydrogen-bond acceptors (Lipinski definition) is 2. The number of hydrogen-bond donors (Lipinski definition) is 1. The zero-order chi connectivity index (χ0) is 14.0. The molecule has 0 bridgehead atoms. The fraction of sp³-hybridized carbons (Fsp3) is 0.533. The molecule has 3 nitrogen and oxygen atoms in total. The van der Waals surface area contributed by atoms with Crippen LogP contribution in [-0.4, -0.2) is 23.9 Å². The number of nitrogens with zero attached hydrogens (tertiary/aromatic N) is 1. The van der Waals surface area contributed by atoms with Crippen molar-refractivity contribution in [3.8, 4) is 0 Å². The van der Waals surface area contributed by atoms with E-state index in [-0.39, 0.29) is 5.91 Å². The highest BCUT2D eigenvalue weighted by Gasteiger charge is 2.25. The summed E-state index contributed by atoms with van der Waals surface area (Å²) in [6, 6.07) is 5.43. The van der Waals surface area contributed by atoms with Crippen molar-refractivity contribution in [2.24, 2.45) is 5.92 Å². The average Bonchev–Trinajstić information content (AvgIpc) is 2.41. The van der Waals surface area contributed by atoms with Gasteiger partial charge in [0.2, 0.25) is 0 Å². The fourth-order valence-electron chi connectivity index (χ4n) is 2.66. The number of nitrogen functional groups attached to an aromatic ring is 1. The predicted molar refractivity (Wildman–Crippen MR) is 79.4 cm³/mol. The molecule has 4 heteroatoms. The van der Waals surface area contributed by atoms with E-state index >= 15 is 0 Å². The predicted octanol–water partition coefficient (Wildman–Crippen LogP) is 3.57. The molecule has 1 aliphatic carbocycles. The topological polar surface area (TPSA) is 46.3 Å². The molecule has 0 saturated heterocycles. The molecule has 1 saturated carbocycles. The zero-order valence-corrected chi connectivity index (χ0v) is 12.3. The van der Waals surface area contributed by atoms with Gasteiger partial charge in [0.25, 0.3) is 5.91 Å². The number of halogens is 1. The van der Waals surface area contributed by atoms with Crippen LogP contribution in [0.2, 0.25) is 5.02 Å². The van der Waals surface area contributed by atoms with E-state index in [4.69, 9.17) is 17.3 Å². The summed E-state index contributed by atoms with van der Waals surface area (Å²) >= 11 is 5.97. The molecule has 2 N–H and O–H groups in total. The molecule has 19 heavy (non-hydrogen) atoms. The first-order chi connectivity index (χ1) is 8.99. The minimum Gasteiger partial charge on any atom is -0.398 e. The maximum absolute atomic E-state index is 12.4. The molecule has 104 valence electrons. The van der Waals surface area contributed by atoms with Gasteiger partial charge in [-0.3, -0.25) is 4.79 Å². The standard InChI is InChI=1S/C15H21ClN2O/c1-10-3-6-12(7-4-10)18(2)15(19)11-5-8-14(17)13(16)9-11/h5,8-10,12H,3-4,6-7,17H2,1-2H3. The number of carbonyl (C=O) groups is 1. The Morgan fingerprint density at radius 3 is 2.53 bits per heavy atom. The third-order valence-electron chi connectivity index (χ3n) is 4.10. The van der Waals surface area contributed by atoms with Gasteiger partial charge < -0.3 is 10.6 Å². The van der Waals surface area contributed by atoms with Crippen LogP contribution in [0.15, 0.2) is 18.2 Å². The van der Waals surface area contributed by atoms with E-state index in [0.717, 1.165) is 18.8 Å². The first kappa shape index (κ1) is 14.2. The Hall–Kier alpha value is -1.22. The third-order valence-corrected chi connectivity index (χ3v) is 4.43. The molecule has 2 rings (SSSR count). The molecule has 0 heterocycles. The van der Waals surface area contributed by atoms with Crippen molar-refractivity contribution >= 4 is 23.2 Å². The molecular formula is C15H21ClN2O. The van der Waals surface area contributed by atoms with Gasteiger partial charge in [-0.1, -0.05) is 18.5 Å². The molecule has 0 atom stereocenters. The minimum absolute atomic E-state index is 0.0291. The van der Waals surface area contributed by atoms with E-state index < -0.39 is 0 Å². The van der Waals surface area contributed by atoms with Gasteiger partial charge in [-0.05, 0) is 49.8 Å². The van der Waals surface area contributed by atoms with Crippen molar-refractivity contribution in [2.45, 2.75) is 38.6 Å². The van der Waals surface area contributed by atoms with Crippen LogP contribution in [0.5, 0.6) is 0 Å². The Morgan fingerprint density at radius 2 is 1.95 bits per heavy atom. The van der Waals surface area contributed by atoms with Gasteiger partial charge in [0.05, 0.1) is 10.7 Å². The molecule has 1 aliphatic rings. The summed E-state index contributed by atoms with van der Waals surface area (Å²) in [5.74, 6) is 0.812. The van der Waals surface area contributed by atoms with E-state index in [1.807, 2.05) is 11.9 Å². The lowest BCUT2D eigenvalue weighted by Crippen LogP contribution is -2.39. The van der Waals surface area contributed by atoms with Crippen LogP contribution in [0.25, 0.3) is 0 Å². The monoisotopic (exact) mass is 280 g/mol. The molecule has 1 aromatic carbocycles. The van der Waals surface area contributed by atoms with E-state index in [1.54, 1.807) is 18.2 Å². The first-order valence-electron chi connectivity index (χ1n) is 6.81. The van der Waals surface area contributed by atoms with Crippen LogP contribution in [0.3, 0.4) is 0 Å². The van der Waals surface area contributed by atoms with E-state index in [2.05, 4.69) is 6.92 Å². The maximum Gasteiger partial charge on any atom is 0.253 e. The van der Waals surface area contributed by atoms with Crippen molar-refractivity contribution in [2.75, 3.05) is 12.8 Å². The minimum atomic E-state index is 0.0291. The number of amides is 1. The second-order valence-corrected chi connectivity index (χ2v) is 5.97. The van der Waals surface area contributed by atoms with Crippen LogP contribution < -0.4 is 5.73 Å². The summed E-state index contributed by atoms with van der Waals surface area (Å²) in [6.07, 6.45) is 4.58. The van der Waals surface area contributed by atoms with Crippen molar-refractivity contribution < 1.29 is 4.79 Å². The normalized spacial score (nSPS) is 23.1. The molecular weight excluding hydrogens is 260 g/mol. The zero-order valence-electron chi connectivity index (χ0n) is 11.5. The van der Waals surface area contributed by atoms with Crippen molar-refractivity contribution in [1.82, 2.24) is 4.90 Å². The van der Waals surface area contributed by atoms with Gasteiger partial charge >= 0.3 is 0 Å². The molecule has 1 aromatic rings. The molecule has 0 unspecified atom stereocenters. The van der Waals surface area contributed by atoms with Crippen molar-refractivity contribution in [1.29, 1.82) is 0 Å². The lowest BCUT2D eigenvalue weighted by Gasteiger charge is -2.33. The SMILES string of the molecule is CC1CCC(N(C)C(=O)c2ccc(N)c(Cl)c2)CC1. The van der Waals surface area contributed by atoms with Gasteiger partial charge in [-0.25, -0.2) is 0 Å². The van der Waals surface area contributed by atoms with Gasteiger partial charge in [0, 0.05) is 18.7 Å². The number of carbonyl (C=O) groups excluding carboxylic acids is 1. The van der Waals surface area contributed by atoms with Crippen molar-refractivity contribution in [3.63, 3.8) is 0 Å². The third kappa shape index (κ3) is 3.21. The largest absolute Gasteiger partial charge is 0.398 e. The number of benzene rings is 1. The number of nitrogens with two attached hydrogens (primary N) is 1. The average molecular weight is 281 g/mol.